The molecule has 1 amide bonds. The van der Waals surface area contributed by atoms with Crippen LogP contribution in [0.15, 0.2) is 0 Å². The van der Waals surface area contributed by atoms with Gasteiger partial charge in [0.2, 0.25) is 15.9 Å². The van der Waals surface area contributed by atoms with Gasteiger partial charge >= 0.3 is 0 Å². The van der Waals surface area contributed by atoms with Gasteiger partial charge in [-0.05, 0) is 0 Å². The molecule has 1 fully saturated rings. The summed E-state index contributed by atoms with van der Waals surface area (Å²) in [6.45, 7) is 2.58. The molecule has 0 aliphatic carbocycles. The van der Waals surface area contributed by atoms with Crippen LogP contribution in [0.5, 0.6) is 0 Å². The maximum Gasteiger partial charge on any atom is 0.220 e. The van der Waals surface area contributed by atoms with Crippen LogP contribution in [0.1, 0.15) is 13.3 Å². The minimum Gasteiger partial charge on any atom is -0.351 e. The molecule has 0 saturated carbocycles. The number of hydrogen-bond donors (Lipinski definition) is 1. The molecule has 0 unspecified atom stereocenters. The molecule has 1 saturated heterocycles. The summed E-state index contributed by atoms with van der Waals surface area (Å²) in [5, 5.41) is 2.72. The van der Waals surface area contributed by atoms with Crippen LogP contribution in [0.4, 0.5) is 0 Å². The summed E-state index contributed by atoms with van der Waals surface area (Å²) >= 11 is 0. The fourth-order valence-electron chi connectivity index (χ4n) is 1.13. The van der Waals surface area contributed by atoms with E-state index in [4.69, 9.17) is 0 Å². The van der Waals surface area contributed by atoms with Crippen LogP contribution in [0.25, 0.3) is 0 Å². The topological polar surface area (TPSA) is 66.5 Å². The number of rotatable bonds is 3. The van der Waals surface area contributed by atoms with Crippen LogP contribution in [-0.2, 0) is 14.8 Å². The second-order valence-corrected chi connectivity index (χ2v) is 5.18. The van der Waals surface area contributed by atoms with E-state index in [-0.39, 0.29) is 11.9 Å². The monoisotopic (exact) mass is 206 g/mol. The van der Waals surface area contributed by atoms with Crippen molar-refractivity contribution in [2.75, 3.05) is 19.3 Å². The maximum atomic E-state index is 10.9. The van der Waals surface area contributed by atoms with E-state index in [1.807, 2.05) is 0 Å². The largest absolute Gasteiger partial charge is 0.351 e. The molecule has 1 N–H and O–H groups in total. The average Bonchev–Trinajstić information content (AvgIpc) is 1.92. The Balaban J connectivity index is 2.31. The van der Waals surface area contributed by atoms with E-state index in [0.29, 0.717) is 19.5 Å². The molecule has 0 atom stereocenters. The fraction of sp³-hybridized carbons (Fsp3) is 0.857. The molecule has 0 spiro atoms. The highest BCUT2D eigenvalue weighted by Gasteiger charge is 2.33. The van der Waals surface area contributed by atoms with Crippen molar-refractivity contribution in [3.05, 3.63) is 0 Å². The third-order valence-corrected chi connectivity index (χ3v) is 3.24. The second kappa shape index (κ2) is 3.63. The van der Waals surface area contributed by atoms with Gasteiger partial charge in [0.25, 0.3) is 0 Å². The van der Waals surface area contributed by atoms with E-state index in [9.17, 15) is 13.2 Å². The number of hydrogen-bond acceptors (Lipinski definition) is 3. The zero-order valence-corrected chi connectivity index (χ0v) is 8.60. The smallest absolute Gasteiger partial charge is 0.220 e. The van der Waals surface area contributed by atoms with Crippen molar-refractivity contribution in [1.82, 2.24) is 9.62 Å². The molecule has 76 valence electrons. The van der Waals surface area contributed by atoms with Gasteiger partial charge in [-0.2, -0.15) is 4.31 Å². The zero-order valence-electron chi connectivity index (χ0n) is 7.78. The number of nitrogens with one attached hydrogen (secondary N) is 1. The van der Waals surface area contributed by atoms with Crippen molar-refractivity contribution >= 4 is 15.9 Å². The normalized spacial score (nSPS) is 19.5. The van der Waals surface area contributed by atoms with E-state index in [0.717, 1.165) is 0 Å². The molecule has 0 bridgehead atoms. The SMILES string of the molecule is CCC(=O)NC1CN(S(C)(=O)=O)C1. The lowest BCUT2D eigenvalue weighted by Crippen LogP contribution is -2.60. The highest BCUT2D eigenvalue weighted by molar-refractivity contribution is 7.88. The predicted molar refractivity (Wildman–Crippen MR) is 48.6 cm³/mol. The summed E-state index contributed by atoms with van der Waals surface area (Å²) in [7, 11) is -3.06. The van der Waals surface area contributed by atoms with E-state index in [1.165, 1.54) is 10.6 Å². The minimum absolute atomic E-state index is 0.00201. The molecular formula is C7H14N2O3S. The Hall–Kier alpha value is -0.620. The molecule has 0 aromatic heterocycles. The lowest BCUT2D eigenvalue weighted by atomic mass is 10.2. The summed E-state index contributed by atoms with van der Waals surface area (Å²) in [5.74, 6) is -0.0295. The van der Waals surface area contributed by atoms with Crippen molar-refractivity contribution in [3.8, 4) is 0 Å². The van der Waals surface area contributed by atoms with Gasteiger partial charge in [-0.25, -0.2) is 8.42 Å². The van der Waals surface area contributed by atoms with Crippen molar-refractivity contribution < 1.29 is 13.2 Å². The van der Waals surface area contributed by atoms with Gasteiger partial charge in [0, 0.05) is 19.5 Å². The summed E-state index contributed by atoms with van der Waals surface area (Å²) in [4.78, 5) is 10.9. The van der Waals surface area contributed by atoms with Gasteiger partial charge in [-0.15, -0.1) is 0 Å². The van der Waals surface area contributed by atoms with Crippen LogP contribution in [-0.4, -0.2) is 44.0 Å². The third kappa shape index (κ3) is 2.67. The molecule has 1 aliphatic heterocycles. The number of sulfonamides is 1. The first-order valence-electron chi connectivity index (χ1n) is 4.18. The molecule has 1 heterocycles. The molecular weight excluding hydrogens is 192 g/mol. The van der Waals surface area contributed by atoms with Crippen molar-refractivity contribution in [2.45, 2.75) is 19.4 Å². The Kier molecular flexibility index (Phi) is 2.92. The van der Waals surface area contributed by atoms with Crippen molar-refractivity contribution in [2.24, 2.45) is 0 Å². The first-order valence-corrected chi connectivity index (χ1v) is 6.02. The van der Waals surface area contributed by atoms with E-state index >= 15 is 0 Å². The number of carbonyl (C=O) groups is 1. The van der Waals surface area contributed by atoms with Crippen LogP contribution < -0.4 is 5.32 Å². The molecule has 1 rings (SSSR count). The van der Waals surface area contributed by atoms with Gasteiger partial charge in [0.15, 0.2) is 0 Å². The van der Waals surface area contributed by atoms with Gasteiger partial charge in [0.05, 0.1) is 12.3 Å². The number of amides is 1. The zero-order chi connectivity index (χ0) is 10.1. The standard InChI is InChI=1S/C7H14N2O3S/c1-3-7(10)8-6-4-9(5-6)13(2,11)12/h6H,3-5H2,1-2H3,(H,8,10). The molecule has 6 heteroatoms. The summed E-state index contributed by atoms with van der Waals surface area (Å²) < 4.78 is 23.2. The first-order chi connectivity index (χ1) is 5.93. The molecule has 13 heavy (non-hydrogen) atoms. The molecule has 0 radical (unpaired) electrons. The lowest BCUT2D eigenvalue weighted by molar-refractivity contribution is -0.122. The lowest BCUT2D eigenvalue weighted by Gasteiger charge is -2.37. The third-order valence-electron chi connectivity index (χ3n) is 2.00. The highest BCUT2D eigenvalue weighted by Crippen LogP contribution is 2.11. The summed E-state index contributed by atoms with van der Waals surface area (Å²) in [6.07, 6.45) is 1.61. The molecule has 5 nitrogen and oxygen atoms in total. The van der Waals surface area contributed by atoms with Crippen molar-refractivity contribution in [1.29, 1.82) is 0 Å². The van der Waals surface area contributed by atoms with Crippen LogP contribution >= 0.6 is 0 Å². The van der Waals surface area contributed by atoms with E-state index in [1.54, 1.807) is 6.92 Å². The second-order valence-electron chi connectivity index (χ2n) is 3.20. The Morgan fingerprint density at radius 1 is 1.54 bits per heavy atom. The Labute approximate surface area is 78.2 Å². The first kappa shape index (κ1) is 10.5. The van der Waals surface area contributed by atoms with Crippen LogP contribution in [0.2, 0.25) is 0 Å². The number of carbonyl (C=O) groups excluding carboxylic acids is 1. The van der Waals surface area contributed by atoms with Crippen LogP contribution in [0.3, 0.4) is 0 Å². The Bertz CT molecular complexity index is 293. The van der Waals surface area contributed by atoms with E-state index < -0.39 is 10.0 Å². The number of nitrogens with zero attached hydrogens (tertiary/aromatic N) is 1. The quantitative estimate of drug-likeness (QED) is 0.654. The summed E-state index contributed by atoms with van der Waals surface area (Å²) in [5.41, 5.74) is 0. The summed E-state index contributed by atoms with van der Waals surface area (Å²) in [6, 6.07) is 0.00201. The van der Waals surface area contributed by atoms with Crippen LogP contribution in [0, 0.1) is 0 Å². The van der Waals surface area contributed by atoms with Crippen molar-refractivity contribution in [3.63, 3.8) is 0 Å². The predicted octanol–water partition coefficient (Wildman–Crippen LogP) is -0.844. The van der Waals surface area contributed by atoms with Gasteiger partial charge < -0.3 is 5.32 Å². The van der Waals surface area contributed by atoms with Gasteiger partial charge in [-0.1, -0.05) is 6.92 Å². The molecule has 1 aliphatic rings. The van der Waals surface area contributed by atoms with Gasteiger partial charge in [-0.3, -0.25) is 4.79 Å². The van der Waals surface area contributed by atoms with E-state index in [2.05, 4.69) is 5.32 Å². The molecule has 0 aromatic carbocycles. The minimum atomic E-state index is -3.06. The fourth-order valence-corrected chi connectivity index (χ4v) is 2.03. The Morgan fingerprint density at radius 3 is 2.46 bits per heavy atom. The Morgan fingerprint density at radius 2 is 2.08 bits per heavy atom. The van der Waals surface area contributed by atoms with Gasteiger partial charge in [0.1, 0.15) is 0 Å². The molecule has 0 aromatic rings. The highest BCUT2D eigenvalue weighted by atomic mass is 32.2. The average molecular weight is 206 g/mol. The maximum absolute atomic E-state index is 10.9.